The SMILES string of the molecule is N#Cc1[c]c(Cl)c(F)c(C#N)c1F. The van der Waals surface area contributed by atoms with Gasteiger partial charge in [-0.1, -0.05) is 11.6 Å². The highest BCUT2D eigenvalue weighted by molar-refractivity contribution is 6.30. The van der Waals surface area contributed by atoms with Crippen molar-refractivity contribution >= 4 is 11.6 Å². The second kappa shape index (κ2) is 3.38. The van der Waals surface area contributed by atoms with Gasteiger partial charge >= 0.3 is 0 Å². The van der Waals surface area contributed by atoms with Crippen LogP contribution in [0.25, 0.3) is 0 Å². The molecule has 2 nitrogen and oxygen atoms in total. The molecule has 0 bridgehead atoms. The molecule has 0 aromatic heterocycles. The number of nitriles is 2. The molecule has 0 aliphatic rings. The third-order valence-corrected chi connectivity index (χ3v) is 1.57. The Hall–Kier alpha value is -1.65. The fourth-order valence-corrected chi connectivity index (χ4v) is 0.915. The summed E-state index contributed by atoms with van der Waals surface area (Å²) in [6, 6.07) is 4.65. The summed E-state index contributed by atoms with van der Waals surface area (Å²) < 4.78 is 25.8. The van der Waals surface area contributed by atoms with Crippen molar-refractivity contribution in [3.63, 3.8) is 0 Å². The van der Waals surface area contributed by atoms with E-state index in [2.05, 4.69) is 0 Å². The van der Waals surface area contributed by atoms with Crippen molar-refractivity contribution in [1.82, 2.24) is 0 Å². The van der Waals surface area contributed by atoms with Crippen LogP contribution < -0.4 is 0 Å². The van der Waals surface area contributed by atoms with E-state index in [4.69, 9.17) is 22.1 Å². The lowest BCUT2D eigenvalue weighted by molar-refractivity contribution is 0.574. The molecule has 0 atom stereocenters. The molecule has 1 aromatic rings. The van der Waals surface area contributed by atoms with Crippen molar-refractivity contribution in [3.05, 3.63) is 33.9 Å². The van der Waals surface area contributed by atoms with Crippen LogP contribution in [-0.2, 0) is 0 Å². The molecule has 0 aliphatic heterocycles. The zero-order chi connectivity index (χ0) is 10.0. The van der Waals surface area contributed by atoms with Crippen LogP contribution in [0.1, 0.15) is 11.1 Å². The minimum absolute atomic E-state index is 0.561. The monoisotopic (exact) mass is 197 g/mol. The number of rotatable bonds is 0. The average Bonchev–Trinajstić information content (AvgIpc) is 2.12. The number of nitrogens with zero attached hydrogens (tertiary/aromatic N) is 2. The molecule has 0 amide bonds. The molecule has 0 saturated heterocycles. The van der Waals surface area contributed by atoms with Crippen LogP contribution in [0.4, 0.5) is 8.78 Å². The van der Waals surface area contributed by atoms with E-state index in [1.54, 1.807) is 0 Å². The van der Waals surface area contributed by atoms with Gasteiger partial charge in [-0.05, 0) is 0 Å². The second-order valence-corrected chi connectivity index (χ2v) is 2.42. The Labute approximate surface area is 77.6 Å². The molecule has 0 heterocycles. The van der Waals surface area contributed by atoms with E-state index < -0.39 is 27.8 Å². The zero-order valence-corrected chi connectivity index (χ0v) is 6.78. The van der Waals surface area contributed by atoms with Gasteiger partial charge < -0.3 is 0 Å². The third-order valence-electron chi connectivity index (χ3n) is 1.31. The Morgan fingerprint density at radius 1 is 1.15 bits per heavy atom. The van der Waals surface area contributed by atoms with E-state index in [-0.39, 0.29) is 0 Å². The summed E-state index contributed by atoms with van der Waals surface area (Å²) >= 11 is 5.25. The van der Waals surface area contributed by atoms with Gasteiger partial charge in [-0.25, -0.2) is 8.78 Å². The van der Waals surface area contributed by atoms with Crippen LogP contribution in [0.2, 0.25) is 5.02 Å². The highest BCUT2D eigenvalue weighted by Gasteiger charge is 2.17. The van der Waals surface area contributed by atoms with E-state index in [1.807, 2.05) is 6.07 Å². The molecule has 63 valence electrons. The number of halogens is 3. The largest absolute Gasteiger partial charge is 0.204 e. The standard InChI is InChI=1S/C8ClF2N2/c9-6-1-4(2-12)7(10)5(3-13)8(6)11. The Morgan fingerprint density at radius 3 is 2.23 bits per heavy atom. The molecule has 5 heteroatoms. The summed E-state index contributed by atoms with van der Waals surface area (Å²) in [4.78, 5) is 0. The summed E-state index contributed by atoms with van der Waals surface area (Å²) in [5.74, 6) is -2.42. The van der Waals surface area contributed by atoms with Gasteiger partial charge in [0.25, 0.3) is 0 Å². The van der Waals surface area contributed by atoms with Crippen LogP contribution in [-0.4, -0.2) is 0 Å². The van der Waals surface area contributed by atoms with Crippen molar-refractivity contribution in [2.75, 3.05) is 0 Å². The minimum atomic E-state index is -1.23. The molecule has 1 radical (unpaired) electrons. The van der Waals surface area contributed by atoms with Crippen LogP contribution in [0.3, 0.4) is 0 Å². The Bertz CT molecular complexity index is 443. The van der Waals surface area contributed by atoms with Gasteiger partial charge in [0.1, 0.15) is 17.7 Å². The molecule has 0 saturated carbocycles. The maximum atomic E-state index is 12.9. The van der Waals surface area contributed by atoms with E-state index >= 15 is 0 Å². The van der Waals surface area contributed by atoms with Gasteiger partial charge in [-0.15, -0.1) is 0 Å². The minimum Gasteiger partial charge on any atom is -0.204 e. The first-order valence-electron chi connectivity index (χ1n) is 3.01. The lowest BCUT2D eigenvalue weighted by Gasteiger charge is -1.98. The molecule has 1 rings (SSSR count). The molecule has 0 aliphatic carbocycles. The fraction of sp³-hybridized carbons (Fsp3) is 0. The molecule has 0 spiro atoms. The number of benzene rings is 1. The summed E-state index contributed by atoms with van der Waals surface area (Å²) in [7, 11) is 0. The fourth-order valence-electron chi connectivity index (χ4n) is 0.726. The summed E-state index contributed by atoms with van der Waals surface area (Å²) in [6.45, 7) is 0. The van der Waals surface area contributed by atoms with Gasteiger partial charge in [-0.3, -0.25) is 0 Å². The summed E-state index contributed by atoms with van der Waals surface area (Å²) in [5, 5.41) is 16.1. The predicted molar refractivity (Wildman–Crippen MR) is 39.6 cm³/mol. The second-order valence-electron chi connectivity index (χ2n) is 2.04. The van der Waals surface area contributed by atoms with Gasteiger partial charge in [0.2, 0.25) is 0 Å². The Morgan fingerprint density at radius 2 is 1.77 bits per heavy atom. The summed E-state index contributed by atoms with van der Waals surface area (Å²) in [6.07, 6.45) is 0. The van der Waals surface area contributed by atoms with Crippen molar-refractivity contribution in [2.24, 2.45) is 0 Å². The number of hydrogen-bond donors (Lipinski definition) is 0. The molecule has 0 fully saturated rings. The van der Waals surface area contributed by atoms with Gasteiger partial charge in [0, 0.05) is 6.07 Å². The van der Waals surface area contributed by atoms with Crippen molar-refractivity contribution in [2.45, 2.75) is 0 Å². The van der Waals surface area contributed by atoms with Crippen LogP contribution >= 0.6 is 11.6 Å². The normalized spacial score (nSPS) is 9.00. The average molecular weight is 198 g/mol. The van der Waals surface area contributed by atoms with Crippen molar-refractivity contribution in [3.8, 4) is 12.1 Å². The molecule has 1 aromatic carbocycles. The highest BCUT2D eigenvalue weighted by Crippen LogP contribution is 2.22. The Kier molecular flexibility index (Phi) is 2.46. The molecule has 13 heavy (non-hydrogen) atoms. The smallest absolute Gasteiger partial charge is 0.163 e. The third kappa shape index (κ3) is 1.44. The molecular weight excluding hydrogens is 198 g/mol. The predicted octanol–water partition coefficient (Wildman–Crippen LogP) is 2.16. The highest BCUT2D eigenvalue weighted by atomic mass is 35.5. The van der Waals surface area contributed by atoms with E-state index in [9.17, 15) is 8.78 Å². The first kappa shape index (κ1) is 9.44. The van der Waals surface area contributed by atoms with E-state index in [0.29, 0.717) is 0 Å². The first-order chi connectivity index (χ1) is 6.11. The Balaban J connectivity index is 3.63. The van der Waals surface area contributed by atoms with Gasteiger partial charge in [-0.2, -0.15) is 10.5 Å². The van der Waals surface area contributed by atoms with E-state index in [1.165, 1.54) is 12.1 Å². The van der Waals surface area contributed by atoms with Crippen molar-refractivity contribution in [1.29, 1.82) is 10.5 Å². The number of hydrogen-bond acceptors (Lipinski definition) is 2. The molecule has 0 unspecified atom stereocenters. The molecular formula is C8ClF2N2. The van der Waals surface area contributed by atoms with Crippen LogP contribution in [0.15, 0.2) is 0 Å². The first-order valence-corrected chi connectivity index (χ1v) is 3.39. The van der Waals surface area contributed by atoms with Gasteiger partial charge in [0.15, 0.2) is 11.6 Å². The quantitative estimate of drug-likeness (QED) is 0.599. The zero-order valence-electron chi connectivity index (χ0n) is 6.03. The summed E-state index contributed by atoms with van der Waals surface area (Å²) in [5.41, 5.74) is -1.43. The lowest BCUT2D eigenvalue weighted by atomic mass is 10.1. The maximum absolute atomic E-state index is 12.9. The van der Waals surface area contributed by atoms with Gasteiger partial charge in [0.05, 0.1) is 10.6 Å². The molecule has 0 N–H and O–H groups in total. The van der Waals surface area contributed by atoms with Crippen molar-refractivity contribution < 1.29 is 8.78 Å². The van der Waals surface area contributed by atoms with E-state index in [0.717, 1.165) is 0 Å². The van der Waals surface area contributed by atoms with Crippen LogP contribution in [0.5, 0.6) is 0 Å². The lowest BCUT2D eigenvalue weighted by Crippen LogP contribution is -1.95. The maximum Gasteiger partial charge on any atom is 0.163 e. The van der Waals surface area contributed by atoms with Crippen LogP contribution in [0, 0.1) is 40.4 Å². The topological polar surface area (TPSA) is 47.6 Å².